The van der Waals surface area contributed by atoms with Gasteiger partial charge in [0.05, 0.1) is 18.2 Å². The number of rotatable bonds is 7. The molecule has 0 fully saturated rings. The van der Waals surface area contributed by atoms with E-state index < -0.39 is 17.7 Å². The molecular weight excluding hydrogens is 553 g/mol. The van der Waals surface area contributed by atoms with Gasteiger partial charge in [-0.2, -0.15) is 0 Å². The molecule has 0 aliphatic heterocycles. The van der Waals surface area contributed by atoms with Gasteiger partial charge in [0.15, 0.2) is 6.10 Å². The molecular formula is C26H31ClINO4. The minimum Gasteiger partial charge on any atom is -0.467 e. The standard InChI is InChI=1S/C26H31ClINO4/c1-15-14-19-21(17-8-10-18(27)11-9-17)20(24(25(31)32-6)33-26(3,4)5)16(2)22(28)23(19)29(15)12-7-13-30/h8-11,14,24,30H,7,12-13H2,1-6H3/t24-/m0/s1. The zero-order valence-electron chi connectivity index (χ0n) is 20.0. The van der Waals surface area contributed by atoms with Crippen LogP contribution < -0.4 is 0 Å². The number of carbonyl (C=O) groups excluding carboxylic acids is 1. The van der Waals surface area contributed by atoms with Gasteiger partial charge in [0, 0.05) is 38.4 Å². The maximum atomic E-state index is 13.0. The molecule has 1 heterocycles. The predicted molar refractivity (Wildman–Crippen MR) is 142 cm³/mol. The zero-order valence-corrected chi connectivity index (χ0v) is 22.9. The van der Waals surface area contributed by atoms with Crippen LogP contribution in [0, 0.1) is 17.4 Å². The molecule has 1 aromatic heterocycles. The van der Waals surface area contributed by atoms with E-state index in [2.05, 4.69) is 40.1 Å². The van der Waals surface area contributed by atoms with Crippen molar-refractivity contribution in [3.05, 3.63) is 55.7 Å². The van der Waals surface area contributed by atoms with Crippen molar-refractivity contribution >= 4 is 51.1 Å². The second-order valence-electron chi connectivity index (χ2n) is 9.14. The van der Waals surface area contributed by atoms with E-state index >= 15 is 0 Å². The first-order valence-electron chi connectivity index (χ1n) is 10.9. The Kier molecular flexibility index (Phi) is 8.15. The number of hydrogen-bond acceptors (Lipinski definition) is 4. The van der Waals surface area contributed by atoms with Gasteiger partial charge < -0.3 is 19.1 Å². The Balaban J connectivity index is 2.46. The first kappa shape index (κ1) is 26.0. The highest BCUT2D eigenvalue weighted by atomic mass is 127. The summed E-state index contributed by atoms with van der Waals surface area (Å²) >= 11 is 8.55. The third-order valence-corrected chi connectivity index (χ3v) is 7.18. The van der Waals surface area contributed by atoms with Crippen molar-refractivity contribution < 1.29 is 19.4 Å². The van der Waals surface area contributed by atoms with Gasteiger partial charge in [0.2, 0.25) is 0 Å². The summed E-state index contributed by atoms with van der Waals surface area (Å²) in [5, 5.41) is 11.1. The van der Waals surface area contributed by atoms with Gasteiger partial charge in [0.1, 0.15) is 0 Å². The number of ether oxygens (including phenoxy) is 2. The summed E-state index contributed by atoms with van der Waals surface area (Å²) in [4.78, 5) is 13.0. The van der Waals surface area contributed by atoms with Crippen molar-refractivity contribution in [2.75, 3.05) is 13.7 Å². The van der Waals surface area contributed by atoms with Crippen LogP contribution in [-0.4, -0.2) is 35.0 Å². The molecule has 0 amide bonds. The molecule has 0 saturated carbocycles. The highest BCUT2D eigenvalue weighted by Gasteiger charge is 2.34. The Hall–Kier alpha value is -1.61. The summed E-state index contributed by atoms with van der Waals surface area (Å²) in [6.07, 6.45) is -0.227. The van der Waals surface area contributed by atoms with Crippen LogP contribution in [0.15, 0.2) is 30.3 Å². The lowest BCUT2D eigenvalue weighted by molar-refractivity contribution is -0.164. The molecule has 0 aliphatic carbocycles. The SMILES string of the molecule is COC(=O)[C@@H](OC(C)(C)C)c1c(C)c(I)c2c(cc(C)n2CCCO)c1-c1ccc(Cl)cc1. The first-order chi connectivity index (χ1) is 15.5. The summed E-state index contributed by atoms with van der Waals surface area (Å²) in [6, 6.07) is 9.80. The molecule has 0 spiro atoms. The second kappa shape index (κ2) is 10.3. The number of methoxy groups -OCH3 is 1. The van der Waals surface area contributed by atoms with E-state index in [1.807, 2.05) is 52.0 Å². The fraction of sp³-hybridized carbons (Fsp3) is 0.423. The van der Waals surface area contributed by atoms with E-state index in [9.17, 15) is 9.90 Å². The third kappa shape index (κ3) is 5.39. The fourth-order valence-electron chi connectivity index (χ4n) is 4.19. The van der Waals surface area contributed by atoms with Crippen molar-refractivity contribution in [2.45, 2.75) is 59.3 Å². The number of fused-ring (bicyclic) bond motifs is 1. The van der Waals surface area contributed by atoms with Crippen LogP contribution in [0.3, 0.4) is 0 Å². The summed E-state index contributed by atoms with van der Waals surface area (Å²) in [6.45, 7) is 10.7. The quantitative estimate of drug-likeness (QED) is 0.252. The summed E-state index contributed by atoms with van der Waals surface area (Å²) < 4.78 is 14.8. The monoisotopic (exact) mass is 583 g/mol. The molecule has 0 bridgehead atoms. The van der Waals surface area contributed by atoms with Crippen molar-refractivity contribution in [3.8, 4) is 11.1 Å². The molecule has 1 atom stereocenters. The smallest absolute Gasteiger partial charge is 0.339 e. The van der Waals surface area contributed by atoms with Crippen LogP contribution in [0.25, 0.3) is 22.0 Å². The van der Waals surface area contributed by atoms with Gasteiger partial charge in [-0.15, -0.1) is 0 Å². The molecule has 0 saturated heterocycles. The maximum absolute atomic E-state index is 13.0. The van der Waals surface area contributed by atoms with E-state index in [0.29, 0.717) is 18.0 Å². The highest BCUT2D eigenvalue weighted by Crippen LogP contribution is 2.44. The Morgan fingerprint density at radius 2 is 1.85 bits per heavy atom. The lowest BCUT2D eigenvalue weighted by Gasteiger charge is -2.29. The molecule has 178 valence electrons. The molecule has 2 aromatic carbocycles. The fourth-order valence-corrected chi connectivity index (χ4v) is 5.19. The molecule has 7 heteroatoms. The minimum atomic E-state index is -0.889. The van der Waals surface area contributed by atoms with Crippen LogP contribution in [0.4, 0.5) is 0 Å². The van der Waals surface area contributed by atoms with Crippen molar-refractivity contribution in [2.24, 2.45) is 0 Å². The Labute approximate surface area is 214 Å². The van der Waals surface area contributed by atoms with Gasteiger partial charge >= 0.3 is 5.97 Å². The Bertz CT molecular complexity index is 1160. The van der Waals surface area contributed by atoms with Crippen LogP contribution in [0.1, 0.15) is 50.1 Å². The zero-order chi connectivity index (χ0) is 24.5. The van der Waals surface area contributed by atoms with Crippen molar-refractivity contribution in [1.29, 1.82) is 0 Å². The lowest BCUT2D eigenvalue weighted by atomic mass is 9.89. The number of hydrogen-bond donors (Lipinski definition) is 1. The maximum Gasteiger partial charge on any atom is 0.339 e. The normalized spacial score (nSPS) is 12.9. The van der Waals surface area contributed by atoms with Gasteiger partial charge in [0.25, 0.3) is 0 Å². The number of esters is 1. The molecule has 0 aliphatic rings. The van der Waals surface area contributed by atoms with E-state index in [4.69, 9.17) is 21.1 Å². The van der Waals surface area contributed by atoms with E-state index in [0.717, 1.165) is 42.4 Å². The Morgan fingerprint density at radius 1 is 1.21 bits per heavy atom. The highest BCUT2D eigenvalue weighted by molar-refractivity contribution is 14.1. The lowest BCUT2D eigenvalue weighted by Crippen LogP contribution is -2.29. The predicted octanol–water partition coefficient (Wildman–Crippen LogP) is 6.59. The van der Waals surface area contributed by atoms with Crippen LogP contribution in [0.5, 0.6) is 0 Å². The number of aryl methyl sites for hydroxylation is 2. The average molecular weight is 584 g/mol. The van der Waals surface area contributed by atoms with E-state index in [-0.39, 0.29) is 6.61 Å². The average Bonchev–Trinajstić information content (AvgIpc) is 3.08. The van der Waals surface area contributed by atoms with Crippen molar-refractivity contribution in [1.82, 2.24) is 4.57 Å². The molecule has 3 rings (SSSR count). The number of aromatic nitrogens is 1. The van der Waals surface area contributed by atoms with Crippen LogP contribution in [0.2, 0.25) is 5.02 Å². The Morgan fingerprint density at radius 3 is 2.39 bits per heavy atom. The third-order valence-electron chi connectivity index (χ3n) is 5.61. The molecule has 0 unspecified atom stereocenters. The van der Waals surface area contributed by atoms with Gasteiger partial charge in [-0.1, -0.05) is 23.7 Å². The van der Waals surface area contributed by atoms with Crippen LogP contribution in [-0.2, 0) is 20.8 Å². The minimum absolute atomic E-state index is 0.126. The van der Waals surface area contributed by atoms with Crippen LogP contribution >= 0.6 is 34.2 Å². The molecule has 5 nitrogen and oxygen atoms in total. The molecule has 0 radical (unpaired) electrons. The van der Waals surface area contributed by atoms with Gasteiger partial charge in [-0.3, -0.25) is 0 Å². The first-order valence-corrected chi connectivity index (χ1v) is 12.4. The molecule has 3 aromatic rings. The van der Waals surface area contributed by atoms with E-state index in [1.54, 1.807) is 0 Å². The number of carbonyl (C=O) groups is 1. The molecule has 33 heavy (non-hydrogen) atoms. The second-order valence-corrected chi connectivity index (χ2v) is 10.7. The number of benzene rings is 2. The number of aliphatic hydroxyl groups is 1. The summed E-state index contributed by atoms with van der Waals surface area (Å²) in [7, 11) is 1.39. The number of aliphatic hydroxyl groups excluding tert-OH is 1. The van der Waals surface area contributed by atoms with Gasteiger partial charge in [-0.25, -0.2) is 4.79 Å². The number of nitrogens with zero attached hydrogens (tertiary/aromatic N) is 1. The summed E-state index contributed by atoms with van der Waals surface area (Å²) in [5.74, 6) is -0.435. The topological polar surface area (TPSA) is 60.7 Å². The van der Waals surface area contributed by atoms with Gasteiger partial charge in [-0.05, 0) is 98.5 Å². The van der Waals surface area contributed by atoms with E-state index in [1.165, 1.54) is 7.11 Å². The number of halogens is 2. The summed E-state index contributed by atoms with van der Waals surface area (Å²) in [5.41, 5.74) is 5.27. The van der Waals surface area contributed by atoms with Crippen molar-refractivity contribution in [3.63, 3.8) is 0 Å². The largest absolute Gasteiger partial charge is 0.467 e. The molecule has 1 N–H and O–H groups in total.